The first-order chi connectivity index (χ1) is 12.6. The Morgan fingerprint density at radius 3 is 2.67 bits per heavy atom. The number of methoxy groups -OCH3 is 1. The van der Waals surface area contributed by atoms with Gasteiger partial charge in [0.2, 0.25) is 0 Å². The number of rotatable bonds is 7. The number of para-hydroxylation sites is 1. The molecule has 0 spiro atoms. The Labute approximate surface area is 168 Å². The van der Waals surface area contributed by atoms with Crippen LogP contribution in [0.2, 0.25) is 5.02 Å². The maximum atomic E-state index is 11.1. The van der Waals surface area contributed by atoms with Crippen LogP contribution in [0.25, 0.3) is 11.3 Å². The summed E-state index contributed by atoms with van der Waals surface area (Å²) in [7, 11) is 1.65. The van der Waals surface area contributed by atoms with Gasteiger partial charge in [-0.1, -0.05) is 29.8 Å². The number of nitrogens with one attached hydrogen (secondary N) is 1. The molecular formula is C20H19Cl2NO4. The molecule has 2 N–H and O–H groups in total. The van der Waals surface area contributed by atoms with Crippen LogP contribution in [0.15, 0.2) is 59.0 Å². The molecule has 2 aromatic carbocycles. The molecule has 3 aromatic rings. The van der Waals surface area contributed by atoms with Gasteiger partial charge in [-0.25, -0.2) is 4.79 Å². The number of carboxylic acids is 1. The molecule has 5 nitrogen and oxygen atoms in total. The molecule has 0 atom stereocenters. The highest BCUT2D eigenvalue weighted by atomic mass is 35.5. The van der Waals surface area contributed by atoms with Gasteiger partial charge < -0.3 is 19.6 Å². The summed E-state index contributed by atoms with van der Waals surface area (Å²) in [6.45, 7) is 1.16. The van der Waals surface area contributed by atoms with E-state index in [9.17, 15) is 4.79 Å². The molecular weight excluding hydrogens is 389 g/mol. The number of benzene rings is 2. The second-order valence-corrected chi connectivity index (χ2v) is 6.09. The van der Waals surface area contributed by atoms with Crippen molar-refractivity contribution >= 4 is 30.0 Å². The van der Waals surface area contributed by atoms with E-state index in [1.807, 2.05) is 30.3 Å². The van der Waals surface area contributed by atoms with E-state index in [4.69, 9.17) is 25.9 Å². The maximum Gasteiger partial charge on any atom is 0.335 e. The molecule has 7 heteroatoms. The highest BCUT2D eigenvalue weighted by Gasteiger charge is 2.12. The molecule has 0 saturated carbocycles. The van der Waals surface area contributed by atoms with Gasteiger partial charge in [0.25, 0.3) is 0 Å². The predicted octanol–water partition coefficient (Wildman–Crippen LogP) is 5.02. The Balaban J connectivity index is 0.00000261. The van der Waals surface area contributed by atoms with E-state index in [1.165, 1.54) is 12.1 Å². The van der Waals surface area contributed by atoms with Crippen molar-refractivity contribution in [2.75, 3.05) is 7.11 Å². The summed E-state index contributed by atoms with van der Waals surface area (Å²) < 4.78 is 11.1. The number of carboxylic acid groups (broad SMARTS) is 1. The number of ether oxygens (including phenoxy) is 1. The van der Waals surface area contributed by atoms with Gasteiger partial charge in [-0.05, 0) is 36.4 Å². The van der Waals surface area contributed by atoms with Crippen LogP contribution in [0.5, 0.6) is 5.75 Å². The summed E-state index contributed by atoms with van der Waals surface area (Å²) in [4.78, 5) is 11.1. The molecule has 0 bridgehead atoms. The van der Waals surface area contributed by atoms with Crippen molar-refractivity contribution in [2.45, 2.75) is 13.1 Å². The van der Waals surface area contributed by atoms with Crippen LogP contribution in [-0.2, 0) is 13.1 Å². The molecule has 0 amide bonds. The summed E-state index contributed by atoms with van der Waals surface area (Å²) in [5.41, 5.74) is 1.78. The standard InChI is InChI=1S/C20H18ClNO4.ClH/c1-25-18-5-3-2-4-14(18)11-22-12-15-7-9-19(26-15)16-10-13(20(23)24)6-8-17(16)21;/h2-10,22H,11-12H2,1H3,(H,23,24);1H. The van der Waals surface area contributed by atoms with E-state index in [-0.39, 0.29) is 18.0 Å². The molecule has 0 saturated heterocycles. The number of halogens is 2. The normalized spacial score (nSPS) is 10.3. The SMILES string of the molecule is COc1ccccc1CNCc1ccc(-c2cc(C(=O)O)ccc2Cl)o1.Cl. The topological polar surface area (TPSA) is 71.7 Å². The Morgan fingerprint density at radius 1 is 1.15 bits per heavy atom. The van der Waals surface area contributed by atoms with Crippen molar-refractivity contribution in [3.05, 3.63) is 76.5 Å². The third kappa shape index (κ3) is 5.04. The van der Waals surface area contributed by atoms with Gasteiger partial charge >= 0.3 is 5.97 Å². The molecule has 0 unspecified atom stereocenters. The van der Waals surface area contributed by atoms with Crippen molar-refractivity contribution in [3.8, 4) is 17.1 Å². The minimum absolute atomic E-state index is 0. The van der Waals surface area contributed by atoms with Gasteiger partial charge in [-0.15, -0.1) is 12.4 Å². The van der Waals surface area contributed by atoms with Crippen LogP contribution in [0.1, 0.15) is 21.7 Å². The maximum absolute atomic E-state index is 11.1. The van der Waals surface area contributed by atoms with Gasteiger partial charge in [0.1, 0.15) is 17.3 Å². The number of hydrogen-bond donors (Lipinski definition) is 2. The largest absolute Gasteiger partial charge is 0.496 e. The fourth-order valence-electron chi connectivity index (χ4n) is 2.63. The lowest BCUT2D eigenvalue weighted by Crippen LogP contribution is -2.12. The molecule has 0 aliphatic rings. The fourth-order valence-corrected chi connectivity index (χ4v) is 2.84. The Kier molecular flexibility index (Phi) is 7.30. The lowest BCUT2D eigenvalue weighted by Gasteiger charge is -2.08. The number of furan rings is 1. The van der Waals surface area contributed by atoms with Crippen LogP contribution >= 0.6 is 24.0 Å². The van der Waals surface area contributed by atoms with Crippen molar-refractivity contribution in [2.24, 2.45) is 0 Å². The molecule has 0 radical (unpaired) electrons. The average Bonchev–Trinajstić information content (AvgIpc) is 3.11. The molecule has 1 heterocycles. The first kappa shape index (κ1) is 20.8. The summed E-state index contributed by atoms with van der Waals surface area (Å²) in [5, 5.41) is 12.9. The van der Waals surface area contributed by atoms with Crippen LogP contribution in [-0.4, -0.2) is 18.2 Å². The monoisotopic (exact) mass is 407 g/mol. The zero-order valence-electron chi connectivity index (χ0n) is 14.6. The Morgan fingerprint density at radius 2 is 1.93 bits per heavy atom. The zero-order valence-corrected chi connectivity index (χ0v) is 16.1. The molecule has 27 heavy (non-hydrogen) atoms. The summed E-state index contributed by atoms with van der Waals surface area (Å²) in [6, 6.07) is 16.0. The lowest BCUT2D eigenvalue weighted by molar-refractivity contribution is 0.0697. The molecule has 0 fully saturated rings. The summed E-state index contributed by atoms with van der Waals surface area (Å²) in [5.74, 6) is 1.09. The van der Waals surface area contributed by atoms with E-state index in [1.54, 1.807) is 19.2 Å². The first-order valence-electron chi connectivity index (χ1n) is 8.03. The number of hydrogen-bond acceptors (Lipinski definition) is 4. The predicted molar refractivity (Wildman–Crippen MR) is 107 cm³/mol. The molecule has 3 rings (SSSR count). The highest BCUT2D eigenvalue weighted by molar-refractivity contribution is 6.33. The highest BCUT2D eigenvalue weighted by Crippen LogP contribution is 2.30. The van der Waals surface area contributed by atoms with Crippen LogP contribution in [0.3, 0.4) is 0 Å². The van der Waals surface area contributed by atoms with Gasteiger partial charge in [0.05, 0.1) is 24.2 Å². The van der Waals surface area contributed by atoms with Crippen molar-refractivity contribution in [1.29, 1.82) is 0 Å². The van der Waals surface area contributed by atoms with Crippen molar-refractivity contribution < 1.29 is 19.1 Å². The van der Waals surface area contributed by atoms with Gasteiger partial charge in [0, 0.05) is 17.7 Å². The molecule has 0 aliphatic carbocycles. The molecule has 1 aromatic heterocycles. The fraction of sp³-hybridized carbons (Fsp3) is 0.150. The smallest absolute Gasteiger partial charge is 0.335 e. The molecule has 142 valence electrons. The zero-order chi connectivity index (χ0) is 18.5. The first-order valence-corrected chi connectivity index (χ1v) is 8.41. The van der Waals surface area contributed by atoms with Crippen LogP contribution in [0.4, 0.5) is 0 Å². The van der Waals surface area contributed by atoms with Gasteiger partial charge in [-0.3, -0.25) is 0 Å². The van der Waals surface area contributed by atoms with E-state index in [0.29, 0.717) is 29.4 Å². The number of aromatic carboxylic acids is 1. The quantitative estimate of drug-likeness (QED) is 0.575. The summed E-state index contributed by atoms with van der Waals surface area (Å²) >= 11 is 6.18. The Bertz CT molecular complexity index is 924. The van der Waals surface area contributed by atoms with E-state index >= 15 is 0 Å². The number of carbonyl (C=O) groups is 1. The van der Waals surface area contributed by atoms with Crippen LogP contribution in [0, 0.1) is 0 Å². The minimum atomic E-state index is -1.01. The van der Waals surface area contributed by atoms with E-state index < -0.39 is 5.97 Å². The Hall–Kier alpha value is -2.47. The minimum Gasteiger partial charge on any atom is -0.496 e. The van der Waals surface area contributed by atoms with Crippen molar-refractivity contribution in [3.63, 3.8) is 0 Å². The second kappa shape index (κ2) is 9.46. The third-order valence-corrected chi connectivity index (χ3v) is 4.28. The van der Waals surface area contributed by atoms with Crippen LogP contribution < -0.4 is 10.1 Å². The van der Waals surface area contributed by atoms with Gasteiger partial charge in [0.15, 0.2) is 0 Å². The lowest BCUT2D eigenvalue weighted by atomic mass is 10.1. The second-order valence-electron chi connectivity index (χ2n) is 5.68. The van der Waals surface area contributed by atoms with E-state index in [2.05, 4.69) is 5.32 Å². The van der Waals surface area contributed by atoms with Crippen molar-refractivity contribution in [1.82, 2.24) is 5.32 Å². The average molecular weight is 408 g/mol. The summed E-state index contributed by atoms with van der Waals surface area (Å²) in [6.07, 6.45) is 0. The van der Waals surface area contributed by atoms with Gasteiger partial charge in [-0.2, -0.15) is 0 Å². The third-order valence-electron chi connectivity index (χ3n) is 3.95. The molecule has 0 aliphatic heterocycles. The van der Waals surface area contributed by atoms with E-state index in [0.717, 1.165) is 17.1 Å².